The van der Waals surface area contributed by atoms with E-state index in [1.165, 1.54) is 30.4 Å². The fraction of sp³-hybridized carbons (Fsp3) is 0.250. The third-order valence-electron chi connectivity index (χ3n) is 2.62. The van der Waals surface area contributed by atoms with Crippen molar-refractivity contribution in [1.82, 2.24) is 14.9 Å². The molecule has 1 heterocycles. The fourth-order valence-corrected chi connectivity index (χ4v) is 1.89. The van der Waals surface area contributed by atoms with Gasteiger partial charge < -0.3 is 9.47 Å². The minimum absolute atomic E-state index is 0.0731. The summed E-state index contributed by atoms with van der Waals surface area (Å²) in [5, 5.41) is 21.5. The van der Waals surface area contributed by atoms with Gasteiger partial charge >= 0.3 is 5.69 Å². The Bertz CT molecular complexity index is 767. The molecular weight excluding hydrogens is 310 g/mol. The zero-order chi connectivity index (χ0) is 16.1. The lowest BCUT2D eigenvalue weighted by atomic mass is 10.2. The van der Waals surface area contributed by atoms with Gasteiger partial charge in [0, 0.05) is 11.6 Å². The Labute approximate surface area is 130 Å². The minimum atomic E-state index is -0.539. The van der Waals surface area contributed by atoms with E-state index >= 15 is 0 Å². The first-order valence-electron chi connectivity index (χ1n) is 6.22. The number of methoxy groups -OCH3 is 1. The SMILES string of the molecule is CCOc1cc(/C=N\n2cn[nH]c2=S)cc([N+](=O)[O-])c1OC. The number of aromatic nitrogens is 3. The number of ether oxygens (including phenoxy) is 2. The molecule has 0 saturated heterocycles. The molecule has 2 aromatic rings. The zero-order valence-corrected chi connectivity index (χ0v) is 12.7. The molecule has 0 fully saturated rings. The first-order valence-corrected chi connectivity index (χ1v) is 6.63. The number of benzene rings is 1. The molecule has 22 heavy (non-hydrogen) atoms. The number of nitrogens with zero attached hydrogens (tertiary/aromatic N) is 4. The van der Waals surface area contributed by atoms with Gasteiger partial charge in [0.15, 0.2) is 5.75 Å². The van der Waals surface area contributed by atoms with Gasteiger partial charge in [-0.25, -0.2) is 0 Å². The van der Waals surface area contributed by atoms with E-state index < -0.39 is 4.92 Å². The molecule has 2 rings (SSSR count). The highest BCUT2D eigenvalue weighted by molar-refractivity contribution is 7.71. The van der Waals surface area contributed by atoms with Gasteiger partial charge in [0.05, 0.1) is 24.9 Å². The third-order valence-corrected chi connectivity index (χ3v) is 2.90. The minimum Gasteiger partial charge on any atom is -0.490 e. The van der Waals surface area contributed by atoms with Crippen molar-refractivity contribution in [3.63, 3.8) is 0 Å². The summed E-state index contributed by atoms with van der Waals surface area (Å²) >= 11 is 4.95. The molecular formula is C12H13N5O4S. The Morgan fingerprint density at radius 2 is 2.36 bits per heavy atom. The van der Waals surface area contributed by atoms with Crippen molar-refractivity contribution in [3.8, 4) is 11.5 Å². The summed E-state index contributed by atoms with van der Waals surface area (Å²) in [6, 6.07) is 2.94. The predicted octanol–water partition coefficient (Wildman–Crippen LogP) is 2.14. The Kier molecular flexibility index (Phi) is 4.84. The number of nitro groups is 1. The molecule has 0 bridgehead atoms. The zero-order valence-electron chi connectivity index (χ0n) is 11.8. The van der Waals surface area contributed by atoms with Crippen LogP contribution in [0.25, 0.3) is 0 Å². The highest BCUT2D eigenvalue weighted by atomic mass is 32.1. The number of H-pyrrole nitrogens is 1. The molecule has 1 N–H and O–H groups in total. The monoisotopic (exact) mass is 323 g/mol. The average Bonchev–Trinajstić information content (AvgIpc) is 2.90. The molecule has 1 aromatic carbocycles. The van der Waals surface area contributed by atoms with Gasteiger partial charge in [0.2, 0.25) is 10.5 Å². The van der Waals surface area contributed by atoms with Crippen molar-refractivity contribution < 1.29 is 14.4 Å². The molecule has 0 atom stereocenters. The standard InChI is InChI=1S/C12H13N5O4S/c1-3-21-10-5-8(4-9(17(18)19)11(10)20-2)6-14-16-7-13-15-12(16)22/h4-7H,3H2,1-2H3,(H,15,22)/b14-6-. The molecule has 0 amide bonds. The molecule has 0 saturated carbocycles. The van der Waals surface area contributed by atoms with Crippen molar-refractivity contribution >= 4 is 24.1 Å². The number of nitrogens with one attached hydrogen (secondary N) is 1. The molecule has 10 heteroatoms. The van der Waals surface area contributed by atoms with Crippen molar-refractivity contribution in [2.45, 2.75) is 6.92 Å². The predicted molar refractivity (Wildman–Crippen MR) is 81.2 cm³/mol. The van der Waals surface area contributed by atoms with Gasteiger partial charge in [-0.1, -0.05) is 0 Å². The van der Waals surface area contributed by atoms with E-state index in [0.29, 0.717) is 16.9 Å². The maximum atomic E-state index is 11.2. The summed E-state index contributed by atoms with van der Waals surface area (Å²) < 4.78 is 12.1. The van der Waals surface area contributed by atoms with Crippen molar-refractivity contribution in [2.24, 2.45) is 5.10 Å². The van der Waals surface area contributed by atoms with Crippen molar-refractivity contribution in [3.05, 3.63) is 38.9 Å². The maximum absolute atomic E-state index is 11.2. The van der Waals surface area contributed by atoms with Crippen LogP contribution in [0, 0.1) is 14.9 Å². The van der Waals surface area contributed by atoms with Crippen LogP contribution in [0.1, 0.15) is 12.5 Å². The second kappa shape index (κ2) is 6.80. The van der Waals surface area contributed by atoms with Crippen LogP contribution in [0.4, 0.5) is 5.69 Å². The highest BCUT2D eigenvalue weighted by Gasteiger charge is 2.21. The molecule has 0 aliphatic heterocycles. The van der Waals surface area contributed by atoms with Crippen LogP contribution >= 0.6 is 12.2 Å². The van der Waals surface area contributed by atoms with E-state index in [-0.39, 0.29) is 17.2 Å². The summed E-state index contributed by atoms with van der Waals surface area (Å²) in [6.07, 6.45) is 2.81. The lowest BCUT2D eigenvalue weighted by Gasteiger charge is -2.10. The van der Waals surface area contributed by atoms with E-state index in [4.69, 9.17) is 21.7 Å². The van der Waals surface area contributed by atoms with Crippen LogP contribution in [-0.4, -0.2) is 39.7 Å². The normalized spacial score (nSPS) is 10.8. The summed E-state index contributed by atoms with van der Waals surface area (Å²) in [6.45, 7) is 2.12. The first-order chi connectivity index (χ1) is 10.6. The van der Waals surface area contributed by atoms with Gasteiger partial charge in [-0.3, -0.25) is 15.2 Å². The summed E-state index contributed by atoms with van der Waals surface area (Å²) in [5.41, 5.74) is 0.268. The molecule has 1 aromatic heterocycles. The topological polar surface area (TPSA) is 108 Å². The summed E-state index contributed by atoms with van der Waals surface area (Å²) in [5.74, 6) is 0.348. The molecule has 0 aliphatic carbocycles. The Balaban J connectivity index is 2.47. The van der Waals surface area contributed by atoms with Crippen LogP contribution < -0.4 is 9.47 Å². The molecule has 0 unspecified atom stereocenters. The number of hydrogen-bond acceptors (Lipinski definition) is 7. The Morgan fingerprint density at radius 1 is 1.59 bits per heavy atom. The van der Waals surface area contributed by atoms with E-state index in [1.807, 2.05) is 0 Å². The van der Waals surface area contributed by atoms with E-state index in [1.54, 1.807) is 13.0 Å². The second-order valence-electron chi connectivity index (χ2n) is 4.01. The lowest BCUT2D eigenvalue weighted by molar-refractivity contribution is -0.385. The van der Waals surface area contributed by atoms with Crippen LogP contribution in [0.15, 0.2) is 23.6 Å². The molecule has 0 radical (unpaired) electrons. The number of rotatable bonds is 6. The van der Waals surface area contributed by atoms with Crippen molar-refractivity contribution in [2.75, 3.05) is 13.7 Å². The first kappa shape index (κ1) is 15.6. The van der Waals surface area contributed by atoms with Crippen molar-refractivity contribution in [1.29, 1.82) is 0 Å². The summed E-state index contributed by atoms with van der Waals surface area (Å²) in [4.78, 5) is 10.6. The lowest BCUT2D eigenvalue weighted by Crippen LogP contribution is -2.01. The quantitative estimate of drug-likeness (QED) is 0.378. The molecule has 116 valence electrons. The third kappa shape index (κ3) is 3.28. The van der Waals surface area contributed by atoms with Gasteiger partial charge in [-0.15, -0.1) is 0 Å². The van der Waals surface area contributed by atoms with Crippen LogP contribution in [0.3, 0.4) is 0 Å². The van der Waals surface area contributed by atoms with Gasteiger partial charge in [-0.05, 0) is 25.2 Å². The van der Waals surface area contributed by atoms with E-state index in [0.717, 1.165) is 0 Å². The smallest absolute Gasteiger partial charge is 0.315 e. The fourth-order valence-electron chi connectivity index (χ4n) is 1.74. The van der Waals surface area contributed by atoms with Crippen LogP contribution in [0.2, 0.25) is 0 Å². The Hall–Kier alpha value is -2.75. The largest absolute Gasteiger partial charge is 0.490 e. The molecule has 0 spiro atoms. The molecule has 0 aliphatic rings. The number of aromatic amines is 1. The van der Waals surface area contributed by atoms with Gasteiger partial charge in [0.25, 0.3) is 0 Å². The summed E-state index contributed by atoms with van der Waals surface area (Å²) in [7, 11) is 1.35. The Morgan fingerprint density at radius 3 is 2.91 bits per heavy atom. The highest BCUT2D eigenvalue weighted by Crippen LogP contribution is 2.37. The molecule has 9 nitrogen and oxygen atoms in total. The second-order valence-corrected chi connectivity index (χ2v) is 4.40. The van der Waals surface area contributed by atoms with Gasteiger partial charge in [-0.2, -0.15) is 14.9 Å². The van der Waals surface area contributed by atoms with E-state index in [2.05, 4.69) is 15.3 Å². The van der Waals surface area contributed by atoms with Crippen LogP contribution in [-0.2, 0) is 0 Å². The van der Waals surface area contributed by atoms with Crippen LogP contribution in [0.5, 0.6) is 11.5 Å². The number of nitro benzene ring substituents is 1. The van der Waals surface area contributed by atoms with E-state index in [9.17, 15) is 10.1 Å². The van der Waals surface area contributed by atoms with Gasteiger partial charge in [0.1, 0.15) is 6.33 Å². The number of hydrogen-bond donors (Lipinski definition) is 1. The average molecular weight is 323 g/mol. The maximum Gasteiger partial charge on any atom is 0.315 e.